The molecule has 0 aliphatic rings. The van der Waals surface area contributed by atoms with Crippen molar-refractivity contribution in [2.24, 2.45) is 0 Å². The first kappa shape index (κ1) is 13.0. The van der Waals surface area contributed by atoms with Crippen LogP contribution in [0.2, 0.25) is 0 Å². The molecule has 0 unspecified atom stereocenters. The van der Waals surface area contributed by atoms with Crippen molar-refractivity contribution in [3.8, 4) is 5.75 Å². The summed E-state index contributed by atoms with van der Waals surface area (Å²) in [7, 11) is 1.74. The van der Waals surface area contributed by atoms with Crippen LogP contribution in [0, 0.1) is 0 Å². The van der Waals surface area contributed by atoms with Gasteiger partial charge in [0.05, 0.1) is 0 Å². The molecule has 0 spiro atoms. The van der Waals surface area contributed by atoms with E-state index in [0.29, 0.717) is 5.75 Å². The molecule has 2 N–H and O–H groups in total. The van der Waals surface area contributed by atoms with Gasteiger partial charge in [0.2, 0.25) is 0 Å². The summed E-state index contributed by atoms with van der Waals surface area (Å²) in [6.07, 6.45) is 3.49. The summed E-state index contributed by atoms with van der Waals surface area (Å²) in [4.78, 5) is 0. The molecule has 16 heavy (non-hydrogen) atoms. The molecule has 1 aromatic rings. The first-order valence-corrected chi connectivity index (χ1v) is 5.80. The van der Waals surface area contributed by atoms with Gasteiger partial charge in [0, 0.05) is 20.3 Å². The highest BCUT2D eigenvalue weighted by Gasteiger charge is 1.94. The fourth-order valence-electron chi connectivity index (χ4n) is 1.57. The van der Waals surface area contributed by atoms with Crippen LogP contribution in [0.3, 0.4) is 0 Å². The second-order valence-corrected chi connectivity index (χ2v) is 3.90. The van der Waals surface area contributed by atoms with Gasteiger partial charge >= 0.3 is 0 Å². The maximum Gasteiger partial charge on any atom is 0.115 e. The van der Waals surface area contributed by atoms with Crippen molar-refractivity contribution in [3.63, 3.8) is 0 Å². The molecule has 0 saturated carbocycles. The van der Waals surface area contributed by atoms with E-state index in [1.165, 1.54) is 12.8 Å². The number of hydrogen-bond donors (Lipinski definition) is 2. The summed E-state index contributed by atoms with van der Waals surface area (Å²) in [5, 5.41) is 12.6. The van der Waals surface area contributed by atoms with Gasteiger partial charge in [0.1, 0.15) is 5.75 Å². The summed E-state index contributed by atoms with van der Waals surface area (Å²) in [6.45, 7) is 2.69. The topological polar surface area (TPSA) is 41.5 Å². The Morgan fingerprint density at radius 2 is 2.12 bits per heavy atom. The minimum atomic E-state index is 0.333. The molecular weight excluding hydrogens is 202 g/mol. The van der Waals surface area contributed by atoms with Crippen molar-refractivity contribution in [1.29, 1.82) is 0 Å². The van der Waals surface area contributed by atoms with Crippen LogP contribution in [0.1, 0.15) is 24.8 Å². The number of methoxy groups -OCH3 is 1. The predicted molar refractivity (Wildman–Crippen MR) is 65.5 cm³/mol. The third-order valence-corrected chi connectivity index (χ3v) is 2.44. The summed E-state index contributed by atoms with van der Waals surface area (Å²) < 4.78 is 4.98. The highest BCUT2D eigenvalue weighted by atomic mass is 16.5. The second-order valence-electron chi connectivity index (χ2n) is 3.90. The molecule has 1 rings (SSSR count). The van der Waals surface area contributed by atoms with Gasteiger partial charge in [-0.25, -0.2) is 0 Å². The summed E-state index contributed by atoms with van der Waals surface area (Å²) in [6, 6.07) is 7.36. The molecule has 0 amide bonds. The molecule has 0 saturated heterocycles. The first-order chi connectivity index (χ1) is 7.83. The van der Waals surface area contributed by atoms with Gasteiger partial charge in [-0.3, -0.25) is 0 Å². The normalized spacial score (nSPS) is 10.6. The van der Waals surface area contributed by atoms with Crippen LogP contribution in [0.15, 0.2) is 24.3 Å². The van der Waals surface area contributed by atoms with Gasteiger partial charge in [-0.15, -0.1) is 0 Å². The highest BCUT2D eigenvalue weighted by molar-refractivity contribution is 5.26. The Kier molecular flexibility index (Phi) is 6.61. The van der Waals surface area contributed by atoms with Crippen LogP contribution in [-0.2, 0) is 11.3 Å². The molecule has 90 valence electrons. The molecule has 0 fully saturated rings. The van der Waals surface area contributed by atoms with E-state index in [4.69, 9.17) is 4.74 Å². The number of unbranched alkanes of at least 4 members (excludes halogenated alkanes) is 2. The number of hydrogen-bond acceptors (Lipinski definition) is 3. The van der Waals surface area contributed by atoms with Gasteiger partial charge < -0.3 is 15.2 Å². The van der Waals surface area contributed by atoms with E-state index in [1.807, 2.05) is 12.1 Å². The Morgan fingerprint density at radius 3 is 2.88 bits per heavy atom. The van der Waals surface area contributed by atoms with Crippen LogP contribution in [-0.4, -0.2) is 25.4 Å². The van der Waals surface area contributed by atoms with E-state index in [2.05, 4.69) is 5.32 Å². The standard InChI is InChI=1S/C13H21NO2/c1-16-9-4-2-3-8-14-11-12-6-5-7-13(15)10-12/h5-7,10,14-15H,2-4,8-9,11H2,1H3. The zero-order chi connectivity index (χ0) is 11.6. The second kappa shape index (κ2) is 8.13. The van der Waals surface area contributed by atoms with Crippen molar-refractivity contribution < 1.29 is 9.84 Å². The lowest BCUT2D eigenvalue weighted by Crippen LogP contribution is -2.14. The molecular formula is C13H21NO2. The summed E-state index contributed by atoms with van der Waals surface area (Å²) in [5.41, 5.74) is 1.12. The Bertz CT molecular complexity index is 289. The van der Waals surface area contributed by atoms with Crippen LogP contribution < -0.4 is 5.32 Å². The fourth-order valence-corrected chi connectivity index (χ4v) is 1.57. The molecule has 0 bridgehead atoms. The van der Waals surface area contributed by atoms with Crippen molar-refractivity contribution in [2.75, 3.05) is 20.3 Å². The maximum absolute atomic E-state index is 9.27. The molecule has 1 aromatic carbocycles. The molecule has 0 aromatic heterocycles. The molecule has 0 aliphatic carbocycles. The smallest absolute Gasteiger partial charge is 0.115 e. The van der Waals surface area contributed by atoms with Crippen molar-refractivity contribution in [1.82, 2.24) is 5.32 Å². The van der Waals surface area contributed by atoms with Gasteiger partial charge in [0.15, 0.2) is 0 Å². The van der Waals surface area contributed by atoms with Gasteiger partial charge in [-0.05, 0) is 43.5 Å². The lowest BCUT2D eigenvalue weighted by molar-refractivity contribution is 0.192. The van der Waals surface area contributed by atoms with E-state index in [9.17, 15) is 5.11 Å². The van der Waals surface area contributed by atoms with Crippen molar-refractivity contribution in [2.45, 2.75) is 25.8 Å². The van der Waals surface area contributed by atoms with Crippen LogP contribution in [0.4, 0.5) is 0 Å². The Balaban J connectivity index is 2.03. The van der Waals surface area contributed by atoms with Crippen molar-refractivity contribution >= 4 is 0 Å². The van der Waals surface area contributed by atoms with Crippen LogP contribution in [0.25, 0.3) is 0 Å². The van der Waals surface area contributed by atoms with E-state index < -0.39 is 0 Å². The van der Waals surface area contributed by atoms with E-state index >= 15 is 0 Å². The first-order valence-electron chi connectivity index (χ1n) is 5.80. The monoisotopic (exact) mass is 223 g/mol. The minimum Gasteiger partial charge on any atom is -0.508 e. The van der Waals surface area contributed by atoms with Crippen LogP contribution in [0.5, 0.6) is 5.75 Å². The highest BCUT2D eigenvalue weighted by Crippen LogP contribution is 2.10. The third kappa shape index (κ3) is 5.73. The summed E-state index contributed by atoms with van der Waals surface area (Å²) in [5.74, 6) is 0.333. The maximum atomic E-state index is 9.27. The van der Waals surface area contributed by atoms with Gasteiger partial charge in [-0.1, -0.05) is 12.1 Å². The number of nitrogens with one attached hydrogen (secondary N) is 1. The fraction of sp³-hybridized carbons (Fsp3) is 0.538. The largest absolute Gasteiger partial charge is 0.508 e. The third-order valence-electron chi connectivity index (χ3n) is 2.44. The number of phenolic OH excluding ortho intramolecular Hbond substituents is 1. The zero-order valence-electron chi connectivity index (χ0n) is 9.91. The Morgan fingerprint density at radius 1 is 1.25 bits per heavy atom. The lowest BCUT2D eigenvalue weighted by atomic mass is 10.2. The molecule has 0 aliphatic heterocycles. The SMILES string of the molecule is COCCCCCNCc1cccc(O)c1. The number of phenols is 1. The molecule has 3 nitrogen and oxygen atoms in total. The quantitative estimate of drug-likeness (QED) is 0.664. The van der Waals surface area contributed by atoms with Crippen LogP contribution >= 0.6 is 0 Å². The van der Waals surface area contributed by atoms with E-state index in [-0.39, 0.29) is 0 Å². The zero-order valence-corrected chi connectivity index (χ0v) is 9.91. The lowest BCUT2D eigenvalue weighted by Gasteiger charge is -2.05. The average Bonchev–Trinajstić information content (AvgIpc) is 2.28. The molecule has 0 atom stereocenters. The number of benzene rings is 1. The van der Waals surface area contributed by atoms with E-state index in [0.717, 1.165) is 31.7 Å². The van der Waals surface area contributed by atoms with Gasteiger partial charge in [-0.2, -0.15) is 0 Å². The van der Waals surface area contributed by atoms with Gasteiger partial charge in [0.25, 0.3) is 0 Å². The predicted octanol–water partition coefficient (Wildman–Crippen LogP) is 2.30. The molecule has 0 radical (unpaired) electrons. The Labute approximate surface area is 97.4 Å². The molecule has 0 heterocycles. The van der Waals surface area contributed by atoms with Crippen molar-refractivity contribution in [3.05, 3.63) is 29.8 Å². The average molecular weight is 223 g/mol. The number of aromatic hydroxyl groups is 1. The number of rotatable bonds is 8. The Hall–Kier alpha value is -1.06. The minimum absolute atomic E-state index is 0.333. The summed E-state index contributed by atoms with van der Waals surface area (Å²) >= 11 is 0. The molecule has 3 heteroatoms. The number of ether oxygens (including phenoxy) is 1. The van der Waals surface area contributed by atoms with E-state index in [1.54, 1.807) is 19.2 Å².